The topological polar surface area (TPSA) is 83.6 Å². The minimum atomic E-state index is -0.949. The van der Waals surface area contributed by atoms with E-state index in [2.05, 4.69) is 5.16 Å². The third-order valence-electron chi connectivity index (χ3n) is 4.04. The molecule has 116 valence electrons. The number of nitrogens with zero attached hydrogens (tertiary/aromatic N) is 2. The zero-order valence-electron chi connectivity index (χ0n) is 12.9. The minimum Gasteiger partial charge on any atom is -0.480 e. The van der Waals surface area contributed by atoms with Gasteiger partial charge in [-0.25, -0.2) is 4.79 Å². The number of amides is 1. The summed E-state index contributed by atoms with van der Waals surface area (Å²) in [5.41, 5.74) is 0.942. The number of carbonyl (C=O) groups is 2. The number of carboxylic acid groups (broad SMARTS) is 1. The van der Waals surface area contributed by atoms with E-state index in [0.717, 1.165) is 6.42 Å². The molecule has 0 bridgehead atoms. The Balaban J connectivity index is 2.34. The number of aryl methyl sites for hydroxylation is 1. The van der Waals surface area contributed by atoms with Crippen molar-refractivity contribution < 1.29 is 19.2 Å². The second-order valence-corrected chi connectivity index (χ2v) is 6.14. The van der Waals surface area contributed by atoms with Crippen LogP contribution in [0.3, 0.4) is 0 Å². The van der Waals surface area contributed by atoms with Gasteiger partial charge >= 0.3 is 5.97 Å². The molecule has 1 N–H and O–H groups in total. The number of carbonyl (C=O) groups excluding carboxylic acids is 1. The second kappa shape index (κ2) is 5.87. The molecular weight excluding hydrogens is 272 g/mol. The Kier molecular flexibility index (Phi) is 4.34. The van der Waals surface area contributed by atoms with Crippen molar-refractivity contribution >= 4 is 11.9 Å². The van der Waals surface area contributed by atoms with Crippen molar-refractivity contribution in [3.63, 3.8) is 0 Å². The fourth-order valence-electron chi connectivity index (χ4n) is 2.80. The normalized spacial score (nSPS) is 22.6. The first-order valence-electron chi connectivity index (χ1n) is 7.32. The number of aromatic nitrogens is 1. The standard InChI is InChI=1S/C15H22N2O4/c1-8(2)13-12(10(4)16-21-13)14(18)17-6-5-9(3)7-11(17)15(19)20/h8-9,11H,5-7H2,1-4H3,(H,19,20). The summed E-state index contributed by atoms with van der Waals surface area (Å²) in [6.07, 6.45) is 1.30. The van der Waals surface area contributed by atoms with Crippen LogP contribution in [0, 0.1) is 12.8 Å². The molecule has 1 aliphatic heterocycles. The van der Waals surface area contributed by atoms with Gasteiger partial charge in [-0.2, -0.15) is 0 Å². The maximum absolute atomic E-state index is 12.8. The molecule has 0 radical (unpaired) electrons. The fraction of sp³-hybridized carbons (Fsp3) is 0.667. The Morgan fingerprint density at radius 3 is 2.67 bits per heavy atom. The Bertz CT molecular complexity index is 550. The smallest absolute Gasteiger partial charge is 0.326 e. The summed E-state index contributed by atoms with van der Waals surface area (Å²) in [4.78, 5) is 25.7. The van der Waals surface area contributed by atoms with Crippen LogP contribution in [0.2, 0.25) is 0 Å². The van der Waals surface area contributed by atoms with E-state index < -0.39 is 12.0 Å². The summed E-state index contributed by atoms with van der Waals surface area (Å²) in [6, 6.07) is -0.768. The van der Waals surface area contributed by atoms with Gasteiger partial charge in [0.2, 0.25) is 0 Å². The van der Waals surface area contributed by atoms with Crippen LogP contribution in [0.1, 0.15) is 61.3 Å². The van der Waals surface area contributed by atoms with E-state index in [0.29, 0.717) is 35.9 Å². The Morgan fingerprint density at radius 2 is 2.10 bits per heavy atom. The van der Waals surface area contributed by atoms with Gasteiger partial charge in [0.15, 0.2) is 5.76 Å². The average Bonchev–Trinajstić information content (AvgIpc) is 2.79. The zero-order chi connectivity index (χ0) is 15.7. The summed E-state index contributed by atoms with van der Waals surface area (Å²) < 4.78 is 5.24. The third kappa shape index (κ3) is 2.94. The number of hydrogen-bond donors (Lipinski definition) is 1. The Labute approximate surface area is 124 Å². The van der Waals surface area contributed by atoms with Gasteiger partial charge in [0.05, 0.1) is 5.69 Å². The average molecular weight is 294 g/mol. The highest BCUT2D eigenvalue weighted by atomic mass is 16.5. The molecular formula is C15H22N2O4. The number of likely N-dealkylation sites (tertiary alicyclic amines) is 1. The molecule has 1 saturated heterocycles. The van der Waals surface area contributed by atoms with Crippen LogP contribution >= 0.6 is 0 Å². The predicted octanol–water partition coefficient (Wildman–Crippen LogP) is 2.43. The van der Waals surface area contributed by atoms with E-state index in [4.69, 9.17) is 4.52 Å². The lowest BCUT2D eigenvalue weighted by atomic mass is 9.91. The first kappa shape index (κ1) is 15.5. The van der Waals surface area contributed by atoms with E-state index in [1.54, 1.807) is 6.92 Å². The molecule has 1 aliphatic rings. The molecule has 2 rings (SSSR count). The number of hydrogen-bond acceptors (Lipinski definition) is 4. The quantitative estimate of drug-likeness (QED) is 0.925. The van der Waals surface area contributed by atoms with E-state index in [1.807, 2.05) is 20.8 Å². The molecule has 0 aliphatic carbocycles. The molecule has 6 heteroatoms. The number of piperidine rings is 1. The number of aliphatic carboxylic acids is 1. The van der Waals surface area contributed by atoms with Crippen LogP contribution in [-0.4, -0.2) is 39.6 Å². The minimum absolute atomic E-state index is 0.0251. The van der Waals surface area contributed by atoms with Crippen LogP contribution in [-0.2, 0) is 4.79 Å². The fourth-order valence-corrected chi connectivity index (χ4v) is 2.80. The van der Waals surface area contributed by atoms with Crippen molar-refractivity contribution in [1.82, 2.24) is 10.1 Å². The zero-order valence-corrected chi connectivity index (χ0v) is 12.9. The largest absolute Gasteiger partial charge is 0.480 e. The van der Waals surface area contributed by atoms with Crippen LogP contribution in [0.5, 0.6) is 0 Å². The van der Waals surface area contributed by atoms with Crippen LogP contribution in [0.4, 0.5) is 0 Å². The summed E-state index contributed by atoms with van der Waals surface area (Å²) in [7, 11) is 0. The van der Waals surface area contributed by atoms with Gasteiger partial charge in [-0.05, 0) is 25.7 Å². The van der Waals surface area contributed by atoms with Gasteiger partial charge < -0.3 is 14.5 Å². The lowest BCUT2D eigenvalue weighted by Gasteiger charge is -2.36. The summed E-state index contributed by atoms with van der Waals surface area (Å²) in [6.45, 7) is 8.03. The predicted molar refractivity (Wildman–Crippen MR) is 76.2 cm³/mol. The monoisotopic (exact) mass is 294 g/mol. The van der Waals surface area contributed by atoms with E-state index in [9.17, 15) is 14.7 Å². The van der Waals surface area contributed by atoms with E-state index >= 15 is 0 Å². The number of carboxylic acids is 1. The molecule has 0 spiro atoms. The lowest BCUT2D eigenvalue weighted by Crippen LogP contribution is -2.50. The molecule has 6 nitrogen and oxygen atoms in total. The van der Waals surface area contributed by atoms with E-state index in [-0.39, 0.29) is 11.8 Å². The van der Waals surface area contributed by atoms with Crippen molar-refractivity contribution in [2.24, 2.45) is 5.92 Å². The second-order valence-electron chi connectivity index (χ2n) is 6.14. The van der Waals surface area contributed by atoms with Crippen molar-refractivity contribution in [3.8, 4) is 0 Å². The summed E-state index contributed by atoms with van der Waals surface area (Å²) >= 11 is 0. The van der Waals surface area contributed by atoms with Crippen LogP contribution < -0.4 is 0 Å². The maximum Gasteiger partial charge on any atom is 0.326 e. The molecule has 2 heterocycles. The molecule has 2 atom stereocenters. The van der Waals surface area contributed by atoms with Gasteiger partial charge in [0.25, 0.3) is 5.91 Å². The molecule has 2 unspecified atom stereocenters. The van der Waals surface area contributed by atoms with Gasteiger partial charge in [-0.3, -0.25) is 4.79 Å². The highest BCUT2D eigenvalue weighted by Crippen LogP contribution is 2.28. The van der Waals surface area contributed by atoms with Gasteiger partial charge in [-0.1, -0.05) is 25.9 Å². The van der Waals surface area contributed by atoms with Gasteiger partial charge in [0.1, 0.15) is 11.6 Å². The lowest BCUT2D eigenvalue weighted by molar-refractivity contribution is -0.144. The Hall–Kier alpha value is -1.85. The number of rotatable bonds is 3. The summed E-state index contributed by atoms with van der Waals surface area (Å²) in [5.74, 6) is -0.368. The van der Waals surface area contributed by atoms with E-state index in [1.165, 1.54) is 4.90 Å². The molecule has 21 heavy (non-hydrogen) atoms. The molecule has 1 aromatic heterocycles. The van der Waals surface area contributed by atoms with Crippen molar-refractivity contribution in [1.29, 1.82) is 0 Å². The van der Waals surface area contributed by atoms with Crippen molar-refractivity contribution in [2.45, 2.75) is 52.5 Å². The van der Waals surface area contributed by atoms with Crippen molar-refractivity contribution in [3.05, 3.63) is 17.0 Å². The first-order valence-corrected chi connectivity index (χ1v) is 7.32. The Morgan fingerprint density at radius 1 is 1.43 bits per heavy atom. The third-order valence-corrected chi connectivity index (χ3v) is 4.04. The van der Waals surface area contributed by atoms with Gasteiger partial charge in [0, 0.05) is 12.5 Å². The van der Waals surface area contributed by atoms with Gasteiger partial charge in [-0.15, -0.1) is 0 Å². The molecule has 1 fully saturated rings. The molecule has 1 aromatic rings. The molecule has 1 amide bonds. The van der Waals surface area contributed by atoms with Crippen molar-refractivity contribution in [2.75, 3.05) is 6.54 Å². The highest BCUT2D eigenvalue weighted by molar-refractivity contribution is 5.98. The first-order chi connectivity index (χ1) is 9.82. The molecule has 0 saturated carbocycles. The molecule has 0 aromatic carbocycles. The van der Waals surface area contributed by atoms with Crippen LogP contribution in [0.15, 0.2) is 4.52 Å². The summed E-state index contributed by atoms with van der Waals surface area (Å²) in [5, 5.41) is 13.3. The SMILES string of the molecule is Cc1noc(C(C)C)c1C(=O)N1CCC(C)CC1C(=O)O. The van der Waals surface area contributed by atoms with Crippen LogP contribution in [0.25, 0.3) is 0 Å². The highest BCUT2D eigenvalue weighted by Gasteiger charge is 2.37. The maximum atomic E-state index is 12.8.